The molecule has 27 aromatic rings. The first-order valence-corrected chi connectivity index (χ1v) is 47.1. The summed E-state index contributed by atoms with van der Waals surface area (Å²) >= 11 is 0. The lowest BCUT2D eigenvalue weighted by Crippen LogP contribution is -2.76. The van der Waals surface area contributed by atoms with E-state index in [9.17, 15) is 0 Å². The van der Waals surface area contributed by atoms with Gasteiger partial charge in [0.15, 0.2) is 0 Å². The van der Waals surface area contributed by atoms with Gasteiger partial charge in [-0.2, -0.15) is 9.97 Å². The molecule has 10 aromatic heterocycles. The predicted molar refractivity (Wildman–Crippen MR) is 522 cm³/mol. The zero-order valence-electron chi connectivity index (χ0n) is 68.5. The number of nitrogens with zero attached hydrogens (tertiary/aromatic N) is 15. The largest absolute Gasteiger partial charge is 0.456 e. The maximum absolute atomic E-state index is 7.18. The van der Waals surface area contributed by atoms with Crippen LogP contribution in [0.25, 0.3) is 184 Å². The van der Waals surface area contributed by atoms with Gasteiger partial charge in [-0.05, 0) is 146 Å². The Labute approximate surface area is 731 Å². The molecule has 0 N–H and O–H groups in total. The zero-order chi connectivity index (χ0) is 83.9. The van der Waals surface area contributed by atoms with Crippen molar-refractivity contribution in [2.45, 2.75) is 0 Å². The Morgan fingerprint density at radius 2 is 0.547 bits per heavy atom. The Morgan fingerprint density at radius 3 is 1.05 bits per heavy atom. The molecule has 18 heteroatoms. The molecule has 0 saturated heterocycles. The summed E-state index contributed by atoms with van der Waals surface area (Å²) < 4.78 is 22.8. The van der Waals surface area contributed by atoms with Gasteiger partial charge in [-0.25, -0.2) is 39.0 Å². The van der Waals surface area contributed by atoms with E-state index in [2.05, 4.69) is 438 Å². The average molecular weight is 1670 g/mol. The maximum Gasteiger partial charge on any atom is 0.241 e. The van der Waals surface area contributed by atoms with Gasteiger partial charge >= 0.3 is 0 Å². The van der Waals surface area contributed by atoms with E-state index >= 15 is 0 Å². The number of imidazole rings is 4. The van der Waals surface area contributed by atoms with Gasteiger partial charge in [0.2, 0.25) is 51.5 Å². The van der Waals surface area contributed by atoms with E-state index in [1.807, 2.05) is 12.1 Å². The van der Waals surface area contributed by atoms with Crippen molar-refractivity contribution in [2.75, 3.05) is 0 Å². The number of aromatic nitrogens is 15. The van der Waals surface area contributed by atoms with Crippen molar-refractivity contribution in [3.05, 3.63) is 419 Å². The summed E-state index contributed by atoms with van der Waals surface area (Å²) in [4.78, 5) is 46.4. The number of benzene rings is 17. The van der Waals surface area contributed by atoms with E-state index in [1.54, 1.807) is 0 Å². The van der Waals surface area contributed by atoms with Crippen molar-refractivity contribution < 1.29 is 4.42 Å². The minimum atomic E-state index is -3.75. The first kappa shape index (κ1) is 71.5. The monoisotopic (exact) mass is 1670 g/mol. The van der Waals surface area contributed by atoms with Crippen LogP contribution in [0.5, 0.6) is 0 Å². The summed E-state index contributed by atoms with van der Waals surface area (Å²) in [6, 6.07) is 150. The third-order valence-electron chi connectivity index (χ3n) is 26.4. The van der Waals surface area contributed by atoms with Gasteiger partial charge in [-0.1, -0.05) is 309 Å². The highest BCUT2D eigenvalue weighted by Gasteiger charge is 2.49. The molecule has 0 fully saturated rings. The van der Waals surface area contributed by atoms with Gasteiger partial charge < -0.3 is 8.98 Å². The van der Waals surface area contributed by atoms with Crippen LogP contribution in [-0.4, -0.2) is 87.7 Å². The van der Waals surface area contributed by atoms with Crippen LogP contribution in [0.3, 0.4) is 0 Å². The van der Waals surface area contributed by atoms with E-state index in [-0.39, 0.29) is 0 Å². The van der Waals surface area contributed by atoms with Gasteiger partial charge in [-0.15, -0.1) is 0 Å². The summed E-state index contributed by atoms with van der Waals surface area (Å²) in [6.45, 7) is 0. The standard InChI is InChI=1S/C110H69N15OSi2/c1-5-32-73(33-6-1)127(74-34-7-2-8-35-74,107-115-103(120-89-50-22-13-40-78(89)79-41-14-23-51-90(79)120)113-105(117-107)124-97-57-29-28-56-96(97)122-94-54-26-19-47-86(94)111-109(122)124)77-64-62-72(63-65-77)119-88-49-21-17-44-82(88)85-68-70(60-66-93(85)119)71-61-67-98-99(69-71)123-95-55-27-20-48-87(95)112-110(123)125(98)106-114-104(121-91-52-24-15-42-80(91)81-43-16-25-53-92(81)121)116-108(118-106)128(75-36-9-3-10-37-75,76-38-11-4-12-39-76)101-59-31-46-84-83-45-18-30-58-100(83)126-102(84)101/h1-69H. The van der Waals surface area contributed by atoms with E-state index in [0.717, 1.165) is 179 Å². The van der Waals surface area contributed by atoms with E-state index < -0.39 is 16.1 Å². The Kier molecular flexibility index (Phi) is 15.5. The molecule has 0 aliphatic carbocycles. The fourth-order valence-corrected chi connectivity index (χ4v) is 29.7. The molecule has 0 bridgehead atoms. The molecule has 598 valence electrons. The van der Waals surface area contributed by atoms with Gasteiger partial charge in [0.05, 0.1) is 77.2 Å². The average Bonchev–Trinajstić information content (AvgIpc) is 1.37. The lowest BCUT2D eigenvalue weighted by molar-refractivity contribution is 0.671. The van der Waals surface area contributed by atoms with Crippen molar-refractivity contribution >= 4 is 201 Å². The van der Waals surface area contributed by atoms with Crippen LogP contribution in [0.1, 0.15) is 0 Å². The Morgan fingerprint density at radius 1 is 0.203 bits per heavy atom. The van der Waals surface area contributed by atoms with Crippen LogP contribution in [-0.2, 0) is 0 Å². The summed E-state index contributed by atoms with van der Waals surface area (Å²) in [6.07, 6.45) is 0. The van der Waals surface area contributed by atoms with Crippen LogP contribution in [0.15, 0.2) is 423 Å². The number of rotatable bonds is 14. The summed E-state index contributed by atoms with van der Waals surface area (Å²) in [7, 11) is -7.41. The molecule has 16 nitrogen and oxygen atoms in total. The molecule has 0 amide bonds. The molecule has 0 aliphatic rings. The van der Waals surface area contributed by atoms with Crippen LogP contribution in [0.4, 0.5) is 0 Å². The fraction of sp³-hybridized carbons (Fsp3) is 0. The van der Waals surface area contributed by atoms with Crippen LogP contribution < -0.4 is 42.0 Å². The minimum absolute atomic E-state index is 0.419. The van der Waals surface area contributed by atoms with Gasteiger partial charge in [0.25, 0.3) is 0 Å². The molecule has 0 atom stereocenters. The molecule has 10 heterocycles. The summed E-state index contributed by atoms with van der Waals surface area (Å²) in [5.74, 6) is 3.21. The highest BCUT2D eigenvalue weighted by Crippen LogP contribution is 2.41. The van der Waals surface area contributed by atoms with Crippen molar-refractivity contribution in [1.82, 2.24) is 71.5 Å². The van der Waals surface area contributed by atoms with Gasteiger partial charge in [0, 0.05) is 54.0 Å². The number of hydrogen-bond donors (Lipinski definition) is 0. The fourth-order valence-electron chi connectivity index (χ4n) is 20.9. The molecule has 0 saturated carbocycles. The summed E-state index contributed by atoms with van der Waals surface area (Å²) in [5.41, 5.74) is 19.4. The molecular formula is C110H69N15OSi2. The normalized spacial score (nSPS) is 12.4. The second-order valence-corrected chi connectivity index (χ2v) is 40.3. The van der Waals surface area contributed by atoms with Crippen molar-refractivity contribution in [2.24, 2.45) is 0 Å². The lowest BCUT2D eigenvalue weighted by atomic mass is 10.0. The molecule has 0 spiro atoms. The van der Waals surface area contributed by atoms with E-state index in [1.165, 1.54) is 0 Å². The van der Waals surface area contributed by atoms with Crippen LogP contribution >= 0.6 is 0 Å². The molecule has 0 radical (unpaired) electrons. The Balaban J connectivity index is 0.648. The van der Waals surface area contributed by atoms with Crippen molar-refractivity contribution in [3.63, 3.8) is 0 Å². The quantitative estimate of drug-likeness (QED) is 0.0766. The number of furan rings is 1. The van der Waals surface area contributed by atoms with Crippen molar-refractivity contribution in [1.29, 1.82) is 0 Å². The maximum atomic E-state index is 7.18. The molecule has 128 heavy (non-hydrogen) atoms. The first-order valence-electron chi connectivity index (χ1n) is 43.1. The second kappa shape index (κ2) is 27.7. The molecular weight excluding hydrogens is 1600 g/mol. The second-order valence-electron chi connectivity index (χ2n) is 33.0. The Bertz CT molecular complexity index is 9060. The third kappa shape index (κ3) is 10.2. The molecule has 0 aliphatic heterocycles. The number of hydrogen-bond acceptors (Lipinski definition) is 9. The third-order valence-corrected chi connectivity index (χ3v) is 35.3. The number of para-hydroxylation sites is 13. The highest BCUT2D eigenvalue weighted by molar-refractivity contribution is 7.20. The highest BCUT2D eigenvalue weighted by atomic mass is 28.3. The first-order chi connectivity index (χ1) is 63.5. The van der Waals surface area contributed by atoms with E-state index in [0.29, 0.717) is 46.2 Å². The molecule has 0 unspecified atom stereocenters. The SMILES string of the molecule is c1ccc([Si](c2ccccc2)(c2ccc(-n3c4ccccc4c4cc(-c5ccc6c(c5)n5c7ccccc7nc5n6-c5nc(-n6c7ccccc7c7ccccc76)nc([Si](c6ccccc6)(c6ccccc6)c6cccc7c6oc6ccccc67)n5)ccc43)cc2)c2nc(-n3c4ccccc4c4ccccc43)nc(-n3c4ccccc4n4c5ccccc5nc34)n2)cc1. The van der Waals surface area contributed by atoms with E-state index in [4.69, 9.17) is 44.3 Å². The van der Waals surface area contributed by atoms with Crippen molar-refractivity contribution in [3.8, 4) is 40.6 Å². The van der Waals surface area contributed by atoms with Crippen LogP contribution in [0, 0.1) is 0 Å². The smallest absolute Gasteiger partial charge is 0.241 e. The van der Waals surface area contributed by atoms with Gasteiger partial charge in [-0.3, -0.25) is 17.9 Å². The van der Waals surface area contributed by atoms with Crippen LogP contribution in [0.2, 0.25) is 0 Å². The topological polar surface area (TPSA) is 150 Å². The predicted octanol–water partition coefficient (Wildman–Crippen LogP) is 19.2. The summed E-state index contributed by atoms with van der Waals surface area (Å²) in [5, 5.41) is 15.2. The Hall–Kier alpha value is -17.1. The lowest BCUT2D eigenvalue weighted by Gasteiger charge is -2.32. The molecule has 27 rings (SSSR count). The van der Waals surface area contributed by atoms with Gasteiger partial charge in [0.1, 0.15) is 22.1 Å². The molecule has 17 aromatic carbocycles. The minimum Gasteiger partial charge on any atom is -0.456 e. The number of fused-ring (bicyclic) bond motifs is 22. The zero-order valence-corrected chi connectivity index (χ0v) is 70.5.